The van der Waals surface area contributed by atoms with E-state index in [0.717, 1.165) is 31.7 Å². The van der Waals surface area contributed by atoms with Crippen molar-refractivity contribution in [2.75, 3.05) is 25.1 Å². The predicted molar refractivity (Wildman–Crippen MR) is 67.9 cm³/mol. The molecule has 6 nitrogen and oxygen atoms in total. The number of ether oxygens (including phenoxy) is 1. The van der Waals surface area contributed by atoms with E-state index < -0.39 is 4.92 Å². The minimum atomic E-state index is -0.400. The number of rotatable bonds is 3. The Morgan fingerprint density at radius 1 is 1.44 bits per heavy atom. The van der Waals surface area contributed by atoms with Crippen LogP contribution in [0.15, 0.2) is 12.1 Å². The van der Waals surface area contributed by atoms with Crippen LogP contribution in [-0.2, 0) is 4.74 Å². The SMILES string of the molecule is COC1CCN(c2ccc([N+](=O)[O-])c(C)n2)CC1. The van der Waals surface area contributed by atoms with Crippen molar-refractivity contribution in [3.63, 3.8) is 0 Å². The van der Waals surface area contributed by atoms with Gasteiger partial charge in [-0.05, 0) is 25.8 Å². The molecule has 1 aromatic rings. The summed E-state index contributed by atoms with van der Waals surface area (Å²) in [5.74, 6) is 0.813. The molecule has 2 heterocycles. The second kappa shape index (κ2) is 5.30. The Kier molecular flexibility index (Phi) is 3.76. The van der Waals surface area contributed by atoms with Gasteiger partial charge < -0.3 is 9.64 Å². The number of piperidine rings is 1. The molecular formula is C12H17N3O3. The summed E-state index contributed by atoms with van der Waals surface area (Å²) in [5.41, 5.74) is 0.539. The van der Waals surface area contributed by atoms with Crippen LogP contribution in [0, 0.1) is 17.0 Å². The molecule has 0 amide bonds. The summed E-state index contributed by atoms with van der Waals surface area (Å²) in [7, 11) is 1.73. The van der Waals surface area contributed by atoms with Gasteiger partial charge in [-0.25, -0.2) is 4.98 Å². The fraction of sp³-hybridized carbons (Fsp3) is 0.583. The van der Waals surface area contributed by atoms with Crippen molar-refractivity contribution in [2.45, 2.75) is 25.9 Å². The fourth-order valence-corrected chi connectivity index (χ4v) is 2.23. The Hall–Kier alpha value is -1.69. The smallest absolute Gasteiger partial charge is 0.290 e. The molecule has 6 heteroatoms. The molecule has 1 aliphatic heterocycles. The Bertz CT molecular complexity index is 442. The first kappa shape index (κ1) is 12.8. The van der Waals surface area contributed by atoms with Crippen LogP contribution in [0.1, 0.15) is 18.5 Å². The van der Waals surface area contributed by atoms with Gasteiger partial charge in [0.05, 0.1) is 11.0 Å². The van der Waals surface area contributed by atoms with E-state index in [1.165, 1.54) is 6.07 Å². The van der Waals surface area contributed by atoms with Crippen molar-refractivity contribution in [1.29, 1.82) is 0 Å². The predicted octanol–water partition coefficient (Wildman–Crippen LogP) is 1.91. The summed E-state index contributed by atoms with van der Waals surface area (Å²) in [6.45, 7) is 3.43. The van der Waals surface area contributed by atoms with Crippen molar-refractivity contribution in [3.8, 4) is 0 Å². The first-order valence-electron chi connectivity index (χ1n) is 6.01. The Balaban J connectivity index is 2.11. The molecule has 1 fully saturated rings. The number of hydrogen-bond donors (Lipinski definition) is 0. The summed E-state index contributed by atoms with van der Waals surface area (Å²) in [4.78, 5) is 16.8. The maximum absolute atomic E-state index is 10.7. The van der Waals surface area contributed by atoms with E-state index in [1.807, 2.05) is 0 Å². The van der Waals surface area contributed by atoms with Crippen molar-refractivity contribution >= 4 is 11.5 Å². The number of nitro groups is 1. The van der Waals surface area contributed by atoms with Crippen molar-refractivity contribution in [1.82, 2.24) is 4.98 Å². The number of anilines is 1. The topological polar surface area (TPSA) is 68.5 Å². The standard InChI is InChI=1S/C12H17N3O3/c1-9-11(15(16)17)3-4-12(13-9)14-7-5-10(18-2)6-8-14/h3-4,10H,5-8H2,1-2H3. The molecule has 0 N–H and O–H groups in total. The lowest BCUT2D eigenvalue weighted by atomic mass is 10.1. The van der Waals surface area contributed by atoms with Crippen molar-refractivity contribution < 1.29 is 9.66 Å². The molecule has 0 aromatic carbocycles. The molecule has 2 rings (SSSR count). The van der Waals surface area contributed by atoms with Gasteiger partial charge in [-0.15, -0.1) is 0 Å². The minimum Gasteiger partial charge on any atom is -0.381 e. The van der Waals surface area contributed by atoms with E-state index in [-0.39, 0.29) is 5.69 Å². The van der Waals surface area contributed by atoms with Gasteiger partial charge in [0.1, 0.15) is 11.5 Å². The monoisotopic (exact) mass is 251 g/mol. The molecule has 0 unspecified atom stereocenters. The molecule has 18 heavy (non-hydrogen) atoms. The molecule has 0 atom stereocenters. The van der Waals surface area contributed by atoms with E-state index in [4.69, 9.17) is 4.74 Å². The lowest BCUT2D eigenvalue weighted by Crippen LogP contribution is -2.37. The first-order chi connectivity index (χ1) is 8.61. The second-order valence-corrected chi connectivity index (χ2v) is 4.45. The summed E-state index contributed by atoms with van der Waals surface area (Å²) < 4.78 is 5.31. The Labute approximate surface area is 106 Å². The number of hydrogen-bond acceptors (Lipinski definition) is 5. The largest absolute Gasteiger partial charge is 0.381 e. The Morgan fingerprint density at radius 2 is 2.11 bits per heavy atom. The average molecular weight is 251 g/mol. The number of nitrogens with zero attached hydrogens (tertiary/aromatic N) is 3. The van der Waals surface area contributed by atoms with Gasteiger partial charge in [0.2, 0.25) is 0 Å². The summed E-state index contributed by atoms with van der Waals surface area (Å²) in [5, 5.41) is 10.7. The zero-order chi connectivity index (χ0) is 13.1. The fourth-order valence-electron chi connectivity index (χ4n) is 2.23. The molecule has 0 aliphatic carbocycles. The van der Waals surface area contributed by atoms with Gasteiger partial charge in [-0.3, -0.25) is 10.1 Å². The van der Waals surface area contributed by atoms with E-state index in [0.29, 0.717) is 11.8 Å². The van der Waals surface area contributed by atoms with Gasteiger partial charge in [-0.2, -0.15) is 0 Å². The molecule has 98 valence electrons. The normalized spacial score (nSPS) is 16.9. The van der Waals surface area contributed by atoms with Crippen LogP contribution in [0.2, 0.25) is 0 Å². The van der Waals surface area contributed by atoms with Gasteiger partial charge in [0.15, 0.2) is 0 Å². The maximum Gasteiger partial charge on any atom is 0.290 e. The molecule has 0 saturated carbocycles. The summed E-state index contributed by atoms with van der Waals surface area (Å²) in [6.07, 6.45) is 2.25. The molecule has 1 aliphatic rings. The molecule has 0 spiro atoms. The number of aryl methyl sites for hydroxylation is 1. The van der Waals surface area contributed by atoms with Gasteiger partial charge in [0.25, 0.3) is 5.69 Å². The van der Waals surface area contributed by atoms with E-state index in [2.05, 4.69) is 9.88 Å². The Morgan fingerprint density at radius 3 is 2.61 bits per heavy atom. The molecule has 1 saturated heterocycles. The zero-order valence-corrected chi connectivity index (χ0v) is 10.6. The number of aromatic nitrogens is 1. The van der Waals surface area contributed by atoms with Crippen LogP contribution < -0.4 is 4.90 Å². The van der Waals surface area contributed by atoms with E-state index in [1.54, 1.807) is 20.1 Å². The van der Waals surface area contributed by atoms with Crippen LogP contribution >= 0.6 is 0 Å². The van der Waals surface area contributed by atoms with Crippen LogP contribution in [0.3, 0.4) is 0 Å². The first-order valence-corrected chi connectivity index (χ1v) is 6.01. The molecule has 0 bridgehead atoms. The molecular weight excluding hydrogens is 234 g/mol. The van der Waals surface area contributed by atoms with Crippen LogP contribution in [0.5, 0.6) is 0 Å². The second-order valence-electron chi connectivity index (χ2n) is 4.45. The van der Waals surface area contributed by atoms with E-state index in [9.17, 15) is 10.1 Å². The van der Waals surface area contributed by atoms with E-state index >= 15 is 0 Å². The number of methoxy groups -OCH3 is 1. The minimum absolute atomic E-state index is 0.0746. The van der Waals surface area contributed by atoms with Gasteiger partial charge >= 0.3 is 0 Å². The summed E-state index contributed by atoms with van der Waals surface area (Å²) in [6, 6.07) is 3.25. The number of pyridine rings is 1. The highest BCUT2D eigenvalue weighted by molar-refractivity contribution is 5.47. The quantitative estimate of drug-likeness (QED) is 0.606. The third kappa shape index (κ3) is 2.59. The molecule has 0 radical (unpaired) electrons. The highest BCUT2D eigenvalue weighted by Gasteiger charge is 2.21. The van der Waals surface area contributed by atoms with Crippen LogP contribution in [0.4, 0.5) is 11.5 Å². The van der Waals surface area contributed by atoms with Crippen molar-refractivity contribution in [3.05, 3.63) is 27.9 Å². The van der Waals surface area contributed by atoms with Crippen LogP contribution in [0.25, 0.3) is 0 Å². The van der Waals surface area contributed by atoms with Gasteiger partial charge in [-0.1, -0.05) is 0 Å². The lowest BCUT2D eigenvalue weighted by molar-refractivity contribution is -0.385. The van der Waals surface area contributed by atoms with Crippen molar-refractivity contribution in [2.24, 2.45) is 0 Å². The third-order valence-electron chi connectivity index (χ3n) is 3.34. The maximum atomic E-state index is 10.7. The van der Waals surface area contributed by atoms with Crippen LogP contribution in [-0.4, -0.2) is 36.2 Å². The lowest BCUT2D eigenvalue weighted by Gasteiger charge is -2.32. The zero-order valence-electron chi connectivity index (χ0n) is 10.6. The average Bonchev–Trinajstić information content (AvgIpc) is 2.38. The van der Waals surface area contributed by atoms with Gasteiger partial charge in [0, 0.05) is 26.3 Å². The highest BCUT2D eigenvalue weighted by atomic mass is 16.6. The third-order valence-corrected chi connectivity index (χ3v) is 3.34. The highest BCUT2D eigenvalue weighted by Crippen LogP contribution is 2.23. The molecule has 1 aromatic heterocycles. The summed E-state index contributed by atoms with van der Waals surface area (Å²) >= 11 is 0.